The highest BCUT2D eigenvalue weighted by Crippen LogP contribution is 2.25. The Hall–Kier alpha value is -1.76. The zero-order valence-corrected chi connectivity index (χ0v) is 21.7. The van der Waals surface area contributed by atoms with Gasteiger partial charge in [0, 0.05) is 33.9 Å². The SMILES string of the molecule is CCC(C(=O)NC1CCCCC1)N(Cc1ccc(Cl)cc1)C(=O)CSCc1c(F)cccc1Cl. The van der Waals surface area contributed by atoms with Gasteiger partial charge in [-0.3, -0.25) is 9.59 Å². The number of hydrogen-bond donors (Lipinski definition) is 1. The van der Waals surface area contributed by atoms with E-state index in [2.05, 4.69) is 5.32 Å². The van der Waals surface area contributed by atoms with E-state index in [1.165, 1.54) is 24.2 Å². The fourth-order valence-electron chi connectivity index (χ4n) is 4.24. The van der Waals surface area contributed by atoms with Crippen LogP contribution in [0.15, 0.2) is 42.5 Å². The number of amides is 2. The minimum atomic E-state index is -0.581. The molecule has 1 saturated carbocycles. The molecule has 0 radical (unpaired) electrons. The third-order valence-electron chi connectivity index (χ3n) is 6.14. The molecule has 1 unspecified atom stereocenters. The molecule has 0 bridgehead atoms. The van der Waals surface area contributed by atoms with E-state index in [4.69, 9.17) is 23.2 Å². The molecular formula is C26H31Cl2FN2O2S. The number of halogens is 3. The maximum absolute atomic E-state index is 14.1. The smallest absolute Gasteiger partial charge is 0.243 e. The van der Waals surface area contributed by atoms with Crippen molar-refractivity contribution in [2.24, 2.45) is 0 Å². The van der Waals surface area contributed by atoms with E-state index in [0.29, 0.717) is 28.6 Å². The molecule has 1 aliphatic rings. The van der Waals surface area contributed by atoms with Crippen molar-refractivity contribution in [3.63, 3.8) is 0 Å². The third-order valence-corrected chi connectivity index (χ3v) is 7.69. The van der Waals surface area contributed by atoms with Gasteiger partial charge in [0.2, 0.25) is 11.8 Å². The summed E-state index contributed by atoms with van der Waals surface area (Å²) in [7, 11) is 0. The number of benzene rings is 2. The van der Waals surface area contributed by atoms with Crippen LogP contribution in [0.1, 0.15) is 56.6 Å². The molecule has 2 aromatic rings. The summed E-state index contributed by atoms with van der Waals surface area (Å²) in [6.07, 6.45) is 5.89. The maximum atomic E-state index is 14.1. The Morgan fingerprint density at radius 3 is 2.47 bits per heavy atom. The van der Waals surface area contributed by atoms with Crippen molar-refractivity contribution in [1.82, 2.24) is 10.2 Å². The lowest BCUT2D eigenvalue weighted by Gasteiger charge is -2.32. The Kier molecular flexibility index (Phi) is 10.5. The van der Waals surface area contributed by atoms with Crippen molar-refractivity contribution in [1.29, 1.82) is 0 Å². The van der Waals surface area contributed by atoms with E-state index in [-0.39, 0.29) is 35.2 Å². The largest absolute Gasteiger partial charge is 0.352 e. The van der Waals surface area contributed by atoms with Gasteiger partial charge in [0.25, 0.3) is 0 Å². The summed E-state index contributed by atoms with van der Waals surface area (Å²) in [5.74, 6) is -0.275. The average molecular weight is 526 g/mol. The number of rotatable bonds is 10. The first kappa shape index (κ1) is 26.8. The summed E-state index contributed by atoms with van der Waals surface area (Å²) in [4.78, 5) is 28.2. The van der Waals surface area contributed by atoms with Gasteiger partial charge >= 0.3 is 0 Å². The van der Waals surface area contributed by atoms with Gasteiger partial charge in [-0.2, -0.15) is 0 Å². The highest BCUT2D eigenvalue weighted by Gasteiger charge is 2.30. The van der Waals surface area contributed by atoms with Crippen LogP contribution in [0.25, 0.3) is 0 Å². The van der Waals surface area contributed by atoms with Gasteiger partial charge in [-0.25, -0.2) is 4.39 Å². The van der Waals surface area contributed by atoms with E-state index in [9.17, 15) is 14.0 Å². The minimum Gasteiger partial charge on any atom is -0.352 e. The van der Waals surface area contributed by atoms with Crippen LogP contribution >= 0.6 is 35.0 Å². The molecule has 0 saturated heterocycles. The predicted octanol–water partition coefficient (Wildman–Crippen LogP) is 6.62. The molecule has 0 heterocycles. The van der Waals surface area contributed by atoms with Gasteiger partial charge in [-0.1, -0.05) is 67.6 Å². The second-order valence-electron chi connectivity index (χ2n) is 8.61. The fraction of sp³-hybridized carbons (Fsp3) is 0.462. The molecule has 3 rings (SSSR count). The van der Waals surface area contributed by atoms with Crippen LogP contribution in [0.3, 0.4) is 0 Å². The van der Waals surface area contributed by atoms with E-state index >= 15 is 0 Å². The molecule has 1 fully saturated rings. The molecule has 1 atom stereocenters. The summed E-state index contributed by atoms with van der Waals surface area (Å²) in [5.41, 5.74) is 1.28. The minimum absolute atomic E-state index is 0.112. The Labute approximate surface area is 215 Å². The molecular weight excluding hydrogens is 494 g/mol. The van der Waals surface area contributed by atoms with Crippen molar-refractivity contribution in [2.75, 3.05) is 5.75 Å². The molecule has 1 aliphatic carbocycles. The molecule has 0 aliphatic heterocycles. The summed E-state index contributed by atoms with van der Waals surface area (Å²) >= 11 is 13.4. The number of carbonyl (C=O) groups excluding carboxylic acids is 2. The first-order chi connectivity index (χ1) is 16.4. The normalized spacial score (nSPS) is 15.1. The van der Waals surface area contributed by atoms with Crippen LogP contribution in [0.5, 0.6) is 0 Å². The second-order valence-corrected chi connectivity index (χ2v) is 10.4. The van der Waals surface area contributed by atoms with Gasteiger partial charge in [0.1, 0.15) is 11.9 Å². The molecule has 2 aromatic carbocycles. The number of nitrogens with one attached hydrogen (secondary N) is 1. The van der Waals surface area contributed by atoms with Crippen molar-refractivity contribution in [3.05, 3.63) is 69.5 Å². The summed E-state index contributed by atoms with van der Waals surface area (Å²) < 4.78 is 14.1. The van der Waals surface area contributed by atoms with Gasteiger partial charge in [-0.05, 0) is 49.1 Å². The summed E-state index contributed by atoms with van der Waals surface area (Å²) in [5, 5.41) is 4.13. The Balaban J connectivity index is 1.72. The van der Waals surface area contributed by atoms with Gasteiger partial charge in [0.15, 0.2) is 0 Å². The Bertz CT molecular complexity index is 948. The van der Waals surface area contributed by atoms with Crippen LogP contribution in [0.4, 0.5) is 4.39 Å². The second kappa shape index (κ2) is 13.4. The summed E-state index contributed by atoms with van der Waals surface area (Å²) in [6.45, 7) is 2.22. The number of nitrogens with zero attached hydrogens (tertiary/aromatic N) is 1. The topological polar surface area (TPSA) is 49.4 Å². The van der Waals surface area contributed by atoms with Crippen LogP contribution in [0, 0.1) is 5.82 Å². The lowest BCUT2D eigenvalue weighted by atomic mass is 9.95. The molecule has 0 aromatic heterocycles. The van der Waals surface area contributed by atoms with Crippen LogP contribution < -0.4 is 5.32 Å². The predicted molar refractivity (Wildman–Crippen MR) is 139 cm³/mol. The van der Waals surface area contributed by atoms with E-state index in [0.717, 1.165) is 31.2 Å². The standard InChI is InChI=1S/C26H31Cl2FN2O2S/c1-2-24(26(33)30-20-7-4-3-5-8-20)31(15-18-11-13-19(27)14-12-18)25(32)17-34-16-21-22(28)9-6-10-23(21)29/h6,9-14,20,24H,2-5,7-8,15-17H2,1H3,(H,30,33). The molecule has 8 heteroatoms. The number of hydrogen-bond acceptors (Lipinski definition) is 3. The first-order valence-electron chi connectivity index (χ1n) is 11.7. The molecule has 1 N–H and O–H groups in total. The van der Waals surface area contributed by atoms with Crippen molar-refractivity contribution < 1.29 is 14.0 Å². The zero-order chi connectivity index (χ0) is 24.5. The molecule has 184 valence electrons. The van der Waals surface area contributed by atoms with Crippen LogP contribution in [-0.4, -0.2) is 34.6 Å². The molecule has 2 amide bonds. The lowest BCUT2D eigenvalue weighted by Crippen LogP contribution is -2.52. The molecule has 4 nitrogen and oxygen atoms in total. The highest BCUT2D eigenvalue weighted by molar-refractivity contribution is 7.99. The van der Waals surface area contributed by atoms with E-state index < -0.39 is 6.04 Å². The number of thioether (sulfide) groups is 1. The maximum Gasteiger partial charge on any atom is 0.243 e. The van der Waals surface area contributed by atoms with Gasteiger partial charge in [-0.15, -0.1) is 11.8 Å². The summed E-state index contributed by atoms with van der Waals surface area (Å²) in [6, 6.07) is 11.4. The molecule has 34 heavy (non-hydrogen) atoms. The van der Waals surface area contributed by atoms with Gasteiger partial charge < -0.3 is 10.2 Å². The number of carbonyl (C=O) groups is 2. The van der Waals surface area contributed by atoms with Crippen molar-refractivity contribution >= 4 is 46.8 Å². The van der Waals surface area contributed by atoms with Crippen molar-refractivity contribution in [3.8, 4) is 0 Å². The Morgan fingerprint density at radius 2 is 1.82 bits per heavy atom. The van der Waals surface area contributed by atoms with Crippen molar-refractivity contribution in [2.45, 2.75) is 69.8 Å². The van der Waals surface area contributed by atoms with E-state index in [1.54, 1.807) is 29.2 Å². The molecule has 0 spiro atoms. The average Bonchev–Trinajstić information content (AvgIpc) is 2.82. The van der Waals surface area contributed by atoms with Crippen LogP contribution in [-0.2, 0) is 21.9 Å². The van der Waals surface area contributed by atoms with Gasteiger partial charge in [0.05, 0.1) is 5.75 Å². The van der Waals surface area contributed by atoms with Crippen LogP contribution in [0.2, 0.25) is 10.0 Å². The highest BCUT2D eigenvalue weighted by atomic mass is 35.5. The quantitative estimate of drug-likeness (QED) is 0.379. The lowest BCUT2D eigenvalue weighted by molar-refractivity contribution is -0.139. The fourth-order valence-corrected chi connectivity index (χ4v) is 5.62. The Morgan fingerprint density at radius 1 is 1.12 bits per heavy atom. The third kappa shape index (κ3) is 7.62. The zero-order valence-electron chi connectivity index (χ0n) is 19.4. The van der Waals surface area contributed by atoms with E-state index in [1.807, 2.05) is 19.1 Å². The first-order valence-corrected chi connectivity index (χ1v) is 13.6. The monoisotopic (exact) mass is 524 g/mol.